The van der Waals surface area contributed by atoms with Gasteiger partial charge in [0.15, 0.2) is 0 Å². The van der Waals surface area contributed by atoms with Gasteiger partial charge in [0.25, 0.3) is 0 Å². The van der Waals surface area contributed by atoms with Gasteiger partial charge in [0.2, 0.25) is 0 Å². The Kier molecular flexibility index (Phi) is 3.67. The van der Waals surface area contributed by atoms with Gasteiger partial charge in [0.05, 0.1) is 6.10 Å². The molecule has 0 fully saturated rings. The quantitative estimate of drug-likeness (QED) is 0.572. The minimum atomic E-state index is -1.07. The highest BCUT2D eigenvalue weighted by molar-refractivity contribution is 5.73. The predicted molar refractivity (Wildman–Crippen MR) is 45.7 cm³/mol. The lowest BCUT2D eigenvalue weighted by atomic mass is 9.85. The summed E-state index contributed by atoms with van der Waals surface area (Å²) < 4.78 is 0. The molecule has 0 aliphatic carbocycles. The number of rotatable bonds is 3. The smallest absolute Gasteiger partial charge is 0.320 e. The highest BCUT2D eigenvalue weighted by Crippen LogP contribution is 2.22. The Bertz CT molecular complexity index is 162. The molecule has 0 aromatic carbocycles. The summed E-state index contributed by atoms with van der Waals surface area (Å²) in [4.78, 5) is 10.3. The maximum absolute atomic E-state index is 10.3. The average molecular weight is 175 g/mol. The van der Waals surface area contributed by atoms with E-state index >= 15 is 0 Å². The van der Waals surface area contributed by atoms with Crippen LogP contribution in [0.3, 0.4) is 0 Å². The van der Waals surface area contributed by atoms with E-state index in [0.29, 0.717) is 0 Å². The number of carboxylic acids is 1. The second kappa shape index (κ2) is 3.87. The summed E-state index contributed by atoms with van der Waals surface area (Å²) in [5, 5.41) is 17.9. The molecule has 4 heteroatoms. The normalized spacial score (nSPS) is 17.1. The summed E-state index contributed by atoms with van der Waals surface area (Å²) in [6.07, 6.45) is -0.581. The van der Waals surface area contributed by atoms with Gasteiger partial charge >= 0.3 is 5.97 Å². The molecule has 0 radical (unpaired) electrons. The van der Waals surface area contributed by atoms with Gasteiger partial charge in [-0.25, -0.2) is 0 Å². The van der Waals surface area contributed by atoms with E-state index in [-0.39, 0.29) is 11.8 Å². The van der Waals surface area contributed by atoms with Crippen LogP contribution in [0.5, 0.6) is 0 Å². The van der Waals surface area contributed by atoms with Crippen molar-refractivity contribution in [3.05, 3.63) is 0 Å². The summed E-state index contributed by atoms with van der Waals surface area (Å²) in [5.41, 5.74) is 4.94. The van der Waals surface area contributed by atoms with Gasteiger partial charge in [-0.05, 0) is 11.8 Å². The minimum absolute atomic E-state index is 0.0961. The fraction of sp³-hybridized carbons (Fsp3) is 0.875. The summed E-state index contributed by atoms with van der Waals surface area (Å²) >= 11 is 0. The van der Waals surface area contributed by atoms with Crippen LogP contribution in [0.1, 0.15) is 27.2 Å². The Morgan fingerprint density at radius 1 is 1.50 bits per heavy atom. The summed E-state index contributed by atoms with van der Waals surface area (Å²) in [6, 6.07) is -0.973. The van der Waals surface area contributed by atoms with E-state index in [1.165, 1.54) is 0 Å². The van der Waals surface area contributed by atoms with E-state index in [1.54, 1.807) is 0 Å². The first kappa shape index (κ1) is 11.4. The van der Waals surface area contributed by atoms with Crippen LogP contribution < -0.4 is 5.73 Å². The molecule has 4 N–H and O–H groups in total. The van der Waals surface area contributed by atoms with E-state index < -0.39 is 18.1 Å². The molecule has 0 aliphatic rings. The molecular formula is C8H17NO3. The molecule has 2 atom stereocenters. The SMILES string of the molecule is CC(C)(C)[C@H](O)C[C@@H](N)C(=O)O. The average Bonchev–Trinajstić information content (AvgIpc) is 1.85. The number of carbonyl (C=O) groups is 1. The third-order valence-electron chi connectivity index (χ3n) is 1.79. The third kappa shape index (κ3) is 3.69. The molecule has 0 rings (SSSR count). The zero-order valence-corrected chi connectivity index (χ0v) is 7.74. The molecule has 72 valence electrons. The van der Waals surface area contributed by atoms with Gasteiger partial charge in [-0.3, -0.25) is 4.79 Å². The molecule has 0 bridgehead atoms. The maximum atomic E-state index is 10.3. The predicted octanol–water partition coefficient (Wildman–Crippen LogP) is 0.195. The first-order chi connectivity index (χ1) is 5.25. The zero-order valence-electron chi connectivity index (χ0n) is 7.74. The van der Waals surface area contributed by atoms with Crippen LogP contribution >= 0.6 is 0 Å². The molecule has 0 aromatic heterocycles. The molecule has 0 amide bonds. The molecule has 4 nitrogen and oxygen atoms in total. The molecule has 0 saturated heterocycles. The Morgan fingerprint density at radius 3 is 2.17 bits per heavy atom. The number of carboxylic acid groups (broad SMARTS) is 1. The van der Waals surface area contributed by atoms with Crippen LogP contribution in [0.15, 0.2) is 0 Å². The lowest BCUT2D eigenvalue weighted by molar-refractivity contribution is -0.139. The van der Waals surface area contributed by atoms with Crippen LogP contribution in [0.2, 0.25) is 0 Å². The number of hydrogen-bond acceptors (Lipinski definition) is 3. The highest BCUT2D eigenvalue weighted by Gasteiger charge is 2.26. The molecular weight excluding hydrogens is 158 g/mol. The molecule has 0 unspecified atom stereocenters. The van der Waals surface area contributed by atoms with E-state index in [9.17, 15) is 9.90 Å². The van der Waals surface area contributed by atoms with Crippen LogP contribution in [-0.4, -0.2) is 28.3 Å². The third-order valence-corrected chi connectivity index (χ3v) is 1.79. The number of aliphatic carboxylic acids is 1. The van der Waals surface area contributed by atoms with Gasteiger partial charge in [0, 0.05) is 0 Å². The maximum Gasteiger partial charge on any atom is 0.320 e. The highest BCUT2D eigenvalue weighted by atomic mass is 16.4. The Hall–Kier alpha value is -0.610. The molecule has 0 aliphatic heterocycles. The van der Waals surface area contributed by atoms with Crippen molar-refractivity contribution in [3.8, 4) is 0 Å². The molecule has 0 spiro atoms. The van der Waals surface area contributed by atoms with Crippen molar-refractivity contribution >= 4 is 5.97 Å². The zero-order chi connectivity index (χ0) is 9.94. The Labute approximate surface area is 72.4 Å². The van der Waals surface area contributed by atoms with Gasteiger partial charge < -0.3 is 15.9 Å². The molecule has 0 heterocycles. The van der Waals surface area contributed by atoms with Crippen molar-refractivity contribution in [1.29, 1.82) is 0 Å². The lowest BCUT2D eigenvalue weighted by Gasteiger charge is -2.26. The minimum Gasteiger partial charge on any atom is -0.480 e. The largest absolute Gasteiger partial charge is 0.480 e. The Morgan fingerprint density at radius 2 is 1.92 bits per heavy atom. The van der Waals surface area contributed by atoms with Crippen LogP contribution in [0.25, 0.3) is 0 Å². The summed E-state index contributed by atoms with van der Waals surface area (Å²) in [5.74, 6) is -1.07. The van der Waals surface area contributed by atoms with Gasteiger partial charge in [-0.15, -0.1) is 0 Å². The van der Waals surface area contributed by atoms with Crippen molar-refractivity contribution < 1.29 is 15.0 Å². The second-order valence-electron chi connectivity index (χ2n) is 4.06. The lowest BCUT2D eigenvalue weighted by Crippen LogP contribution is -2.38. The van der Waals surface area contributed by atoms with Crippen molar-refractivity contribution in [2.24, 2.45) is 11.1 Å². The van der Waals surface area contributed by atoms with E-state index in [1.807, 2.05) is 20.8 Å². The standard InChI is InChI=1S/C8H17NO3/c1-8(2,3)6(10)4-5(9)7(11)12/h5-6,10H,4,9H2,1-3H3,(H,11,12)/t5-,6-/m1/s1. The summed E-state index contributed by atoms with van der Waals surface area (Å²) in [6.45, 7) is 5.52. The number of nitrogens with two attached hydrogens (primary N) is 1. The molecule has 0 saturated carbocycles. The van der Waals surface area contributed by atoms with Crippen LogP contribution in [0.4, 0.5) is 0 Å². The Balaban J connectivity index is 4.01. The number of aliphatic hydroxyl groups is 1. The fourth-order valence-electron chi connectivity index (χ4n) is 0.695. The monoisotopic (exact) mass is 175 g/mol. The second-order valence-corrected chi connectivity index (χ2v) is 4.06. The van der Waals surface area contributed by atoms with E-state index in [0.717, 1.165) is 0 Å². The van der Waals surface area contributed by atoms with Crippen LogP contribution in [0, 0.1) is 5.41 Å². The van der Waals surface area contributed by atoms with Crippen molar-refractivity contribution in [2.75, 3.05) is 0 Å². The number of hydrogen-bond donors (Lipinski definition) is 3. The first-order valence-corrected chi connectivity index (χ1v) is 3.91. The number of aliphatic hydroxyl groups excluding tert-OH is 1. The first-order valence-electron chi connectivity index (χ1n) is 3.91. The van der Waals surface area contributed by atoms with Crippen molar-refractivity contribution in [1.82, 2.24) is 0 Å². The van der Waals surface area contributed by atoms with E-state index in [2.05, 4.69) is 0 Å². The fourth-order valence-corrected chi connectivity index (χ4v) is 0.695. The van der Waals surface area contributed by atoms with Crippen molar-refractivity contribution in [2.45, 2.75) is 39.3 Å². The van der Waals surface area contributed by atoms with Crippen LogP contribution in [-0.2, 0) is 4.79 Å². The van der Waals surface area contributed by atoms with Gasteiger partial charge in [-0.1, -0.05) is 20.8 Å². The van der Waals surface area contributed by atoms with Crippen molar-refractivity contribution in [3.63, 3.8) is 0 Å². The summed E-state index contributed by atoms with van der Waals surface area (Å²) in [7, 11) is 0. The van der Waals surface area contributed by atoms with E-state index in [4.69, 9.17) is 10.8 Å². The molecule has 12 heavy (non-hydrogen) atoms. The molecule has 0 aromatic rings. The van der Waals surface area contributed by atoms with Gasteiger partial charge in [0.1, 0.15) is 6.04 Å². The van der Waals surface area contributed by atoms with Gasteiger partial charge in [-0.2, -0.15) is 0 Å². The topological polar surface area (TPSA) is 83.5 Å².